The summed E-state index contributed by atoms with van der Waals surface area (Å²) >= 11 is 4.95. The van der Waals surface area contributed by atoms with E-state index in [-0.39, 0.29) is 0 Å². The highest BCUT2D eigenvalue weighted by Gasteiger charge is 1.86. The molecule has 0 fully saturated rings. The monoisotopic (exact) mass is 116 g/mol. The molecular weight excluding hydrogens is 104 g/mol. The van der Waals surface area contributed by atoms with E-state index >= 15 is 0 Å². The molecule has 0 saturated carbocycles. The first-order valence-electron chi connectivity index (χ1n) is 2.83. The van der Waals surface area contributed by atoms with Crippen molar-refractivity contribution in [3.63, 3.8) is 0 Å². The lowest BCUT2D eigenvalue weighted by Crippen LogP contribution is -1.87. The molecule has 1 heteroatoms. The van der Waals surface area contributed by atoms with Gasteiger partial charge >= 0.3 is 0 Å². The largest absolute Gasteiger partial charge is 0.0897 e. The SMILES string of the molecule is CCCC(=S)CC. The molecule has 0 rings (SSSR count). The molecule has 0 aliphatic rings. The maximum Gasteiger partial charge on any atom is -0.00743 e. The third kappa shape index (κ3) is 3.93. The topological polar surface area (TPSA) is 0 Å². The Balaban J connectivity index is 3.00. The molecule has 0 aromatic rings. The van der Waals surface area contributed by atoms with E-state index in [4.69, 9.17) is 12.2 Å². The molecule has 0 spiro atoms. The molecule has 7 heavy (non-hydrogen) atoms. The van der Waals surface area contributed by atoms with Crippen LogP contribution in [0, 0.1) is 0 Å². The van der Waals surface area contributed by atoms with Crippen LogP contribution in [0.1, 0.15) is 33.1 Å². The molecule has 0 unspecified atom stereocenters. The van der Waals surface area contributed by atoms with E-state index in [0.29, 0.717) is 0 Å². The van der Waals surface area contributed by atoms with Crippen LogP contribution in [0.2, 0.25) is 0 Å². The molecule has 0 aliphatic heterocycles. The van der Waals surface area contributed by atoms with Crippen LogP contribution >= 0.6 is 12.2 Å². The van der Waals surface area contributed by atoms with Gasteiger partial charge in [0.1, 0.15) is 0 Å². The molecule has 0 bridgehead atoms. The van der Waals surface area contributed by atoms with E-state index in [2.05, 4.69) is 13.8 Å². The van der Waals surface area contributed by atoms with E-state index in [0.717, 1.165) is 12.8 Å². The quantitative estimate of drug-likeness (QED) is 0.511. The normalized spacial score (nSPS) is 8.86. The summed E-state index contributed by atoms with van der Waals surface area (Å²) in [4.78, 5) is 1.21. The lowest BCUT2D eigenvalue weighted by Gasteiger charge is -1.91. The second-order valence-corrected chi connectivity index (χ2v) is 2.22. The summed E-state index contributed by atoms with van der Waals surface area (Å²) in [7, 11) is 0. The summed E-state index contributed by atoms with van der Waals surface area (Å²) in [6, 6.07) is 0. The lowest BCUT2D eigenvalue weighted by molar-refractivity contribution is 0.984. The Labute approximate surface area is 50.9 Å². The van der Waals surface area contributed by atoms with Gasteiger partial charge in [-0.1, -0.05) is 32.5 Å². The second-order valence-electron chi connectivity index (χ2n) is 1.64. The fourth-order valence-electron chi connectivity index (χ4n) is 0.456. The van der Waals surface area contributed by atoms with Crippen LogP contribution in [-0.4, -0.2) is 4.86 Å². The fraction of sp³-hybridized carbons (Fsp3) is 0.833. The summed E-state index contributed by atoms with van der Waals surface area (Å²) in [5.74, 6) is 0. The predicted molar refractivity (Wildman–Crippen MR) is 37.8 cm³/mol. The van der Waals surface area contributed by atoms with Crippen molar-refractivity contribution in [2.45, 2.75) is 33.1 Å². The van der Waals surface area contributed by atoms with Gasteiger partial charge in [-0.15, -0.1) is 0 Å². The Morgan fingerprint density at radius 1 is 1.43 bits per heavy atom. The van der Waals surface area contributed by atoms with Crippen LogP contribution in [0.15, 0.2) is 0 Å². The maximum atomic E-state index is 4.95. The van der Waals surface area contributed by atoms with Crippen LogP contribution in [0.25, 0.3) is 0 Å². The van der Waals surface area contributed by atoms with Gasteiger partial charge in [-0.25, -0.2) is 0 Å². The highest BCUT2D eigenvalue weighted by Crippen LogP contribution is 1.94. The Morgan fingerprint density at radius 2 is 2.00 bits per heavy atom. The summed E-state index contributed by atoms with van der Waals surface area (Å²) in [5, 5.41) is 0. The molecule has 0 saturated heterocycles. The first-order valence-corrected chi connectivity index (χ1v) is 3.23. The van der Waals surface area contributed by atoms with Gasteiger partial charge in [0.15, 0.2) is 0 Å². The van der Waals surface area contributed by atoms with Gasteiger partial charge in [0.2, 0.25) is 0 Å². The van der Waals surface area contributed by atoms with Crippen molar-refractivity contribution >= 4 is 17.1 Å². The third-order valence-corrected chi connectivity index (χ3v) is 1.42. The Bertz CT molecular complexity index is 57.2. The maximum absolute atomic E-state index is 4.95. The zero-order valence-corrected chi connectivity index (χ0v) is 5.85. The highest BCUT2D eigenvalue weighted by atomic mass is 32.1. The summed E-state index contributed by atoms with van der Waals surface area (Å²) in [6.07, 6.45) is 3.40. The van der Waals surface area contributed by atoms with Crippen molar-refractivity contribution in [1.29, 1.82) is 0 Å². The average Bonchev–Trinajstić information content (AvgIpc) is 1.68. The third-order valence-electron chi connectivity index (χ3n) is 0.923. The van der Waals surface area contributed by atoms with Crippen molar-refractivity contribution in [3.05, 3.63) is 0 Å². The first-order chi connectivity index (χ1) is 3.31. The van der Waals surface area contributed by atoms with Crippen molar-refractivity contribution in [3.8, 4) is 0 Å². The minimum absolute atomic E-state index is 1.07. The molecule has 0 aromatic heterocycles. The molecule has 0 nitrogen and oxygen atoms in total. The molecule has 0 aliphatic carbocycles. The average molecular weight is 116 g/mol. The number of rotatable bonds is 3. The van der Waals surface area contributed by atoms with Crippen LogP contribution < -0.4 is 0 Å². The van der Waals surface area contributed by atoms with Crippen LogP contribution in [0.3, 0.4) is 0 Å². The van der Waals surface area contributed by atoms with E-state index < -0.39 is 0 Å². The van der Waals surface area contributed by atoms with Gasteiger partial charge < -0.3 is 0 Å². The van der Waals surface area contributed by atoms with Gasteiger partial charge in [-0.2, -0.15) is 0 Å². The van der Waals surface area contributed by atoms with Gasteiger partial charge in [0.05, 0.1) is 0 Å². The van der Waals surface area contributed by atoms with Crippen LogP contribution in [0.4, 0.5) is 0 Å². The Kier molecular flexibility index (Phi) is 4.31. The lowest BCUT2D eigenvalue weighted by atomic mass is 10.2. The van der Waals surface area contributed by atoms with E-state index in [1.54, 1.807) is 0 Å². The Morgan fingerprint density at radius 3 is 2.14 bits per heavy atom. The first kappa shape index (κ1) is 7.09. The zero-order valence-electron chi connectivity index (χ0n) is 5.03. The minimum Gasteiger partial charge on any atom is -0.0897 e. The number of hydrogen-bond donors (Lipinski definition) is 0. The van der Waals surface area contributed by atoms with Crippen molar-refractivity contribution < 1.29 is 0 Å². The summed E-state index contributed by atoms with van der Waals surface area (Å²) in [6.45, 7) is 4.26. The van der Waals surface area contributed by atoms with E-state index in [9.17, 15) is 0 Å². The standard InChI is InChI=1S/C6H12S/c1-3-5-6(7)4-2/h3-5H2,1-2H3. The van der Waals surface area contributed by atoms with Crippen LogP contribution in [0.5, 0.6) is 0 Å². The van der Waals surface area contributed by atoms with Gasteiger partial charge in [0, 0.05) is 0 Å². The van der Waals surface area contributed by atoms with Gasteiger partial charge in [-0.05, 0) is 17.7 Å². The smallest absolute Gasteiger partial charge is 0.00743 e. The molecule has 0 amide bonds. The molecule has 0 heterocycles. The molecule has 0 radical (unpaired) electrons. The van der Waals surface area contributed by atoms with Crippen molar-refractivity contribution in [1.82, 2.24) is 0 Å². The van der Waals surface area contributed by atoms with Gasteiger partial charge in [0.25, 0.3) is 0 Å². The Hall–Kier alpha value is 0.0900. The van der Waals surface area contributed by atoms with Crippen molar-refractivity contribution in [2.24, 2.45) is 0 Å². The summed E-state index contributed by atoms with van der Waals surface area (Å²) in [5.41, 5.74) is 0. The van der Waals surface area contributed by atoms with Crippen LogP contribution in [-0.2, 0) is 0 Å². The van der Waals surface area contributed by atoms with E-state index in [1.807, 2.05) is 0 Å². The predicted octanol–water partition coefficient (Wildman–Crippen LogP) is 2.57. The molecule has 0 aromatic carbocycles. The fourth-order valence-corrected chi connectivity index (χ4v) is 0.660. The molecular formula is C6H12S. The second kappa shape index (κ2) is 4.25. The summed E-state index contributed by atoms with van der Waals surface area (Å²) < 4.78 is 0. The number of thiocarbonyl (C=S) groups is 1. The zero-order chi connectivity index (χ0) is 5.70. The molecule has 0 N–H and O–H groups in total. The number of hydrogen-bond acceptors (Lipinski definition) is 1. The van der Waals surface area contributed by atoms with Crippen molar-refractivity contribution in [2.75, 3.05) is 0 Å². The minimum atomic E-state index is 1.07. The molecule has 42 valence electrons. The highest BCUT2D eigenvalue weighted by molar-refractivity contribution is 7.80. The van der Waals surface area contributed by atoms with Gasteiger partial charge in [-0.3, -0.25) is 0 Å². The van der Waals surface area contributed by atoms with E-state index in [1.165, 1.54) is 11.3 Å². The molecule has 0 atom stereocenters.